The highest BCUT2D eigenvalue weighted by atomic mass is 19.1. The minimum atomic E-state index is -0.267. The number of halogens is 1. The van der Waals surface area contributed by atoms with Crippen LogP contribution in [-0.4, -0.2) is 22.4 Å². The van der Waals surface area contributed by atoms with Crippen LogP contribution in [0.5, 0.6) is 0 Å². The Bertz CT molecular complexity index is 933. The molecule has 0 fully saturated rings. The lowest BCUT2D eigenvalue weighted by Gasteiger charge is -2.14. The molecule has 1 heterocycles. The molecule has 0 bridgehead atoms. The molecule has 0 atom stereocenters. The minimum Gasteiger partial charge on any atom is -0.352 e. The standard InChI is InChI=1S/C23H25FN4O/c1-3-17-6-5-7-18(4-2)21(17)28-23-26-14-19(15-27-23)22(29)25-13-12-16-8-10-20(24)11-9-16/h5-11,14-15H,3-4,12-13H2,1-2H3,(H,25,29)(H,26,27,28). The van der Waals surface area contributed by atoms with Crippen molar-refractivity contribution >= 4 is 17.5 Å². The van der Waals surface area contributed by atoms with Crippen LogP contribution in [0.1, 0.15) is 40.9 Å². The van der Waals surface area contributed by atoms with Crippen molar-refractivity contribution in [3.05, 3.63) is 82.9 Å². The summed E-state index contributed by atoms with van der Waals surface area (Å²) in [4.78, 5) is 20.9. The molecule has 0 aliphatic rings. The molecule has 150 valence electrons. The number of nitrogens with zero attached hydrogens (tertiary/aromatic N) is 2. The number of aromatic nitrogens is 2. The van der Waals surface area contributed by atoms with Crippen molar-refractivity contribution in [3.8, 4) is 0 Å². The third-order valence-electron chi connectivity index (χ3n) is 4.76. The monoisotopic (exact) mass is 392 g/mol. The fourth-order valence-electron chi connectivity index (χ4n) is 3.10. The minimum absolute atomic E-state index is 0.234. The van der Waals surface area contributed by atoms with E-state index in [0.29, 0.717) is 24.5 Å². The quantitative estimate of drug-likeness (QED) is 0.594. The molecule has 29 heavy (non-hydrogen) atoms. The summed E-state index contributed by atoms with van der Waals surface area (Å²) in [6.07, 6.45) is 5.47. The van der Waals surface area contributed by atoms with Crippen molar-refractivity contribution < 1.29 is 9.18 Å². The summed E-state index contributed by atoms with van der Waals surface area (Å²) in [7, 11) is 0. The van der Waals surface area contributed by atoms with Gasteiger partial charge < -0.3 is 10.6 Å². The molecule has 1 amide bonds. The van der Waals surface area contributed by atoms with Gasteiger partial charge in [-0.2, -0.15) is 0 Å². The highest BCUT2D eigenvalue weighted by Gasteiger charge is 2.10. The Balaban J connectivity index is 1.60. The number of rotatable bonds is 8. The van der Waals surface area contributed by atoms with Gasteiger partial charge in [0.25, 0.3) is 5.91 Å². The Morgan fingerprint density at radius 1 is 0.966 bits per heavy atom. The van der Waals surface area contributed by atoms with Crippen molar-refractivity contribution in [2.75, 3.05) is 11.9 Å². The highest BCUT2D eigenvalue weighted by Crippen LogP contribution is 2.25. The maximum absolute atomic E-state index is 12.9. The van der Waals surface area contributed by atoms with Gasteiger partial charge in [0.2, 0.25) is 5.95 Å². The van der Waals surface area contributed by atoms with Gasteiger partial charge in [0, 0.05) is 24.6 Å². The van der Waals surface area contributed by atoms with Crippen molar-refractivity contribution in [1.82, 2.24) is 15.3 Å². The van der Waals surface area contributed by atoms with Gasteiger partial charge in [0.05, 0.1) is 5.56 Å². The van der Waals surface area contributed by atoms with E-state index in [1.54, 1.807) is 12.1 Å². The summed E-state index contributed by atoms with van der Waals surface area (Å²) >= 11 is 0. The first-order valence-corrected chi connectivity index (χ1v) is 9.83. The van der Waals surface area contributed by atoms with Crippen molar-refractivity contribution in [1.29, 1.82) is 0 Å². The van der Waals surface area contributed by atoms with Crippen LogP contribution in [0.25, 0.3) is 0 Å². The lowest BCUT2D eigenvalue weighted by atomic mass is 10.0. The first-order valence-electron chi connectivity index (χ1n) is 9.83. The summed E-state index contributed by atoms with van der Waals surface area (Å²) in [6, 6.07) is 12.5. The van der Waals surface area contributed by atoms with E-state index in [9.17, 15) is 9.18 Å². The molecule has 0 spiro atoms. The van der Waals surface area contributed by atoms with Gasteiger partial charge in [0.15, 0.2) is 0 Å². The number of aryl methyl sites for hydroxylation is 2. The summed E-state index contributed by atoms with van der Waals surface area (Å²) < 4.78 is 12.9. The maximum atomic E-state index is 12.9. The van der Waals surface area contributed by atoms with E-state index >= 15 is 0 Å². The van der Waals surface area contributed by atoms with Crippen LogP contribution in [0.4, 0.5) is 16.0 Å². The zero-order chi connectivity index (χ0) is 20.6. The Morgan fingerprint density at radius 2 is 1.59 bits per heavy atom. The molecule has 1 aromatic heterocycles. The fraction of sp³-hybridized carbons (Fsp3) is 0.261. The van der Waals surface area contributed by atoms with Gasteiger partial charge in [0.1, 0.15) is 5.82 Å². The second kappa shape index (κ2) is 9.78. The third kappa shape index (κ3) is 5.38. The summed E-state index contributed by atoms with van der Waals surface area (Å²) in [6.45, 7) is 4.68. The highest BCUT2D eigenvalue weighted by molar-refractivity contribution is 5.93. The summed E-state index contributed by atoms with van der Waals surface area (Å²) in [5.41, 5.74) is 4.80. The van der Waals surface area contributed by atoms with Gasteiger partial charge in [-0.05, 0) is 48.1 Å². The lowest BCUT2D eigenvalue weighted by Crippen LogP contribution is -2.26. The van der Waals surface area contributed by atoms with Gasteiger partial charge in [-0.25, -0.2) is 14.4 Å². The summed E-state index contributed by atoms with van der Waals surface area (Å²) in [5, 5.41) is 6.13. The van der Waals surface area contributed by atoms with E-state index in [1.165, 1.54) is 35.7 Å². The van der Waals surface area contributed by atoms with Crippen LogP contribution in [0.3, 0.4) is 0 Å². The zero-order valence-corrected chi connectivity index (χ0v) is 16.7. The van der Waals surface area contributed by atoms with E-state index in [-0.39, 0.29) is 11.7 Å². The predicted octanol–water partition coefficient (Wildman–Crippen LogP) is 4.46. The topological polar surface area (TPSA) is 66.9 Å². The van der Waals surface area contributed by atoms with Crippen LogP contribution in [0, 0.1) is 5.82 Å². The average molecular weight is 392 g/mol. The van der Waals surface area contributed by atoms with Crippen LogP contribution < -0.4 is 10.6 Å². The first-order chi connectivity index (χ1) is 14.1. The number of hydrogen-bond acceptors (Lipinski definition) is 4. The second-order valence-electron chi connectivity index (χ2n) is 6.71. The molecule has 0 aliphatic carbocycles. The fourth-order valence-corrected chi connectivity index (χ4v) is 3.10. The van der Waals surface area contributed by atoms with E-state index < -0.39 is 0 Å². The number of benzene rings is 2. The first kappa shape index (κ1) is 20.5. The molecule has 0 saturated carbocycles. The van der Waals surface area contributed by atoms with Crippen molar-refractivity contribution in [2.45, 2.75) is 33.1 Å². The van der Waals surface area contributed by atoms with E-state index in [2.05, 4.69) is 52.6 Å². The molecule has 6 heteroatoms. The number of para-hydroxylation sites is 1. The van der Waals surface area contributed by atoms with Crippen molar-refractivity contribution in [3.63, 3.8) is 0 Å². The predicted molar refractivity (Wildman–Crippen MR) is 113 cm³/mol. The molecule has 0 unspecified atom stereocenters. The molecule has 5 nitrogen and oxygen atoms in total. The molecule has 3 rings (SSSR count). The average Bonchev–Trinajstić information content (AvgIpc) is 2.75. The number of anilines is 2. The Morgan fingerprint density at radius 3 is 2.17 bits per heavy atom. The van der Waals surface area contributed by atoms with E-state index in [0.717, 1.165) is 24.1 Å². The van der Waals surface area contributed by atoms with Crippen LogP contribution in [-0.2, 0) is 19.3 Å². The SMILES string of the molecule is CCc1cccc(CC)c1Nc1ncc(C(=O)NCCc2ccc(F)cc2)cn1. The van der Waals surface area contributed by atoms with Crippen molar-refractivity contribution in [2.24, 2.45) is 0 Å². The maximum Gasteiger partial charge on any atom is 0.254 e. The molecular weight excluding hydrogens is 367 g/mol. The van der Waals surface area contributed by atoms with Crippen LogP contribution in [0.2, 0.25) is 0 Å². The molecule has 2 N–H and O–H groups in total. The normalized spacial score (nSPS) is 10.6. The number of hydrogen-bond donors (Lipinski definition) is 2. The Hall–Kier alpha value is -3.28. The van der Waals surface area contributed by atoms with E-state index in [1.807, 2.05) is 0 Å². The lowest BCUT2D eigenvalue weighted by molar-refractivity contribution is 0.0953. The van der Waals surface area contributed by atoms with E-state index in [4.69, 9.17) is 0 Å². The Kier molecular flexibility index (Phi) is 6.89. The van der Waals surface area contributed by atoms with Gasteiger partial charge in [-0.15, -0.1) is 0 Å². The molecule has 0 aliphatic heterocycles. The van der Waals surface area contributed by atoms with Gasteiger partial charge in [-0.1, -0.05) is 44.2 Å². The van der Waals surface area contributed by atoms with Gasteiger partial charge in [-0.3, -0.25) is 4.79 Å². The van der Waals surface area contributed by atoms with Crippen LogP contribution >= 0.6 is 0 Å². The second-order valence-corrected chi connectivity index (χ2v) is 6.71. The van der Waals surface area contributed by atoms with Crippen LogP contribution in [0.15, 0.2) is 54.9 Å². The number of carbonyl (C=O) groups is 1. The molecule has 0 saturated heterocycles. The Labute approximate surface area is 170 Å². The number of nitrogens with one attached hydrogen (secondary N) is 2. The molecule has 3 aromatic rings. The number of carbonyl (C=O) groups excluding carboxylic acids is 1. The third-order valence-corrected chi connectivity index (χ3v) is 4.76. The molecule has 0 radical (unpaired) electrons. The largest absolute Gasteiger partial charge is 0.352 e. The zero-order valence-electron chi connectivity index (χ0n) is 16.7. The smallest absolute Gasteiger partial charge is 0.254 e. The van der Waals surface area contributed by atoms with Gasteiger partial charge >= 0.3 is 0 Å². The summed E-state index contributed by atoms with van der Waals surface area (Å²) in [5.74, 6) is -0.0402. The number of amides is 1. The molecular formula is C23H25FN4O. The molecule has 2 aromatic carbocycles.